The van der Waals surface area contributed by atoms with Gasteiger partial charge in [0.05, 0.1) is 4.88 Å². The lowest BCUT2D eigenvalue weighted by atomic mass is 9.90. The van der Waals surface area contributed by atoms with E-state index in [2.05, 4.69) is 10.6 Å². The minimum atomic E-state index is -0.163. The second-order valence-corrected chi connectivity index (χ2v) is 10.8. The van der Waals surface area contributed by atoms with E-state index in [1.54, 1.807) is 17.0 Å². The van der Waals surface area contributed by atoms with Gasteiger partial charge in [-0.3, -0.25) is 14.4 Å². The number of carbonyl (C=O) groups is 3. The molecule has 1 saturated heterocycles. The number of hydrogen-bond acceptors (Lipinski definition) is 4. The van der Waals surface area contributed by atoms with Crippen molar-refractivity contribution in [1.29, 1.82) is 0 Å². The van der Waals surface area contributed by atoms with Crippen LogP contribution in [0.4, 0.5) is 5.69 Å². The topological polar surface area (TPSA) is 78.5 Å². The van der Waals surface area contributed by atoms with E-state index in [1.165, 1.54) is 11.3 Å². The van der Waals surface area contributed by atoms with E-state index in [1.807, 2.05) is 36.4 Å². The highest BCUT2D eigenvalue weighted by molar-refractivity contribution is 7.20. The van der Waals surface area contributed by atoms with Gasteiger partial charge in [-0.1, -0.05) is 30.5 Å². The molecule has 182 valence electrons. The van der Waals surface area contributed by atoms with Crippen molar-refractivity contribution in [3.63, 3.8) is 0 Å². The molecule has 2 atom stereocenters. The zero-order valence-corrected chi connectivity index (χ0v) is 21.0. The molecule has 35 heavy (non-hydrogen) atoms. The molecule has 2 unspecified atom stereocenters. The molecular formula is C27H28ClN3O3S. The van der Waals surface area contributed by atoms with Crippen molar-refractivity contribution < 1.29 is 14.4 Å². The van der Waals surface area contributed by atoms with E-state index < -0.39 is 0 Å². The number of fused-ring (bicyclic) bond motifs is 1. The van der Waals surface area contributed by atoms with Gasteiger partial charge in [0.15, 0.2) is 0 Å². The van der Waals surface area contributed by atoms with Gasteiger partial charge in [-0.25, -0.2) is 0 Å². The molecular weight excluding hydrogens is 482 g/mol. The van der Waals surface area contributed by atoms with Crippen molar-refractivity contribution in [1.82, 2.24) is 10.6 Å². The van der Waals surface area contributed by atoms with Crippen LogP contribution in [0, 0.1) is 0 Å². The number of amides is 3. The molecule has 2 fully saturated rings. The summed E-state index contributed by atoms with van der Waals surface area (Å²) in [5, 5.41) is 7.93. The molecule has 0 spiro atoms. The van der Waals surface area contributed by atoms with Gasteiger partial charge in [0.1, 0.15) is 0 Å². The molecule has 0 bridgehead atoms. The number of carbonyl (C=O) groups excluding carboxylic acids is 3. The number of rotatable bonds is 5. The number of nitrogens with one attached hydrogen (secondary N) is 2. The third-order valence-electron chi connectivity index (χ3n) is 6.87. The van der Waals surface area contributed by atoms with Gasteiger partial charge in [0, 0.05) is 46.0 Å². The molecule has 1 aromatic heterocycles. The molecule has 2 aliphatic rings. The largest absolute Gasteiger partial charge is 0.347 e. The second-order valence-electron chi connectivity index (χ2n) is 9.29. The van der Waals surface area contributed by atoms with Crippen molar-refractivity contribution in [2.24, 2.45) is 0 Å². The summed E-state index contributed by atoms with van der Waals surface area (Å²) >= 11 is 7.51. The fourth-order valence-electron chi connectivity index (χ4n) is 4.96. The van der Waals surface area contributed by atoms with E-state index in [0.29, 0.717) is 21.9 Å². The molecule has 1 saturated carbocycles. The molecule has 2 heterocycles. The molecule has 2 aromatic carbocycles. The zero-order valence-electron chi connectivity index (χ0n) is 19.4. The van der Waals surface area contributed by atoms with Gasteiger partial charge in [-0.15, -0.1) is 11.3 Å². The van der Waals surface area contributed by atoms with Crippen LogP contribution in [0.2, 0.25) is 5.02 Å². The third-order valence-corrected chi connectivity index (χ3v) is 8.20. The van der Waals surface area contributed by atoms with Crippen molar-refractivity contribution in [2.45, 2.75) is 57.0 Å². The highest BCUT2D eigenvalue weighted by atomic mass is 35.5. The van der Waals surface area contributed by atoms with E-state index in [4.69, 9.17) is 11.6 Å². The maximum absolute atomic E-state index is 13.0. The van der Waals surface area contributed by atoms with E-state index >= 15 is 0 Å². The first-order valence-electron chi connectivity index (χ1n) is 12.2. The predicted molar refractivity (Wildman–Crippen MR) is 140 cm³/mol. The summed E-state index contributed by atoms with van der Waals surface area (Å²) in [4.78, 5) is 40.6. The predicted octanol–water partition coefficient (Wildman–Crippen LogP) is 5.54. The Kier molecular flexibility index (Phi) is 7.07. The van der Waals surface area contributed by atoms with Gasteiger partial charge >= 0.3 is 0 Å². The summed E-state index contributed by atoms with van der Waals surface area (Å²) in [6.07, 6.45) is 6.17. The van der Waals surface area contributed by atoms with Gasteiger partial charge in [0.2, 0.25) is 5.91 Å². The maximum Gasteiger partial charge on any atom is 0.261 e. The summed E-state index contributed by atoms with van der Waals surface area (Å²) in [5.41, 5.74) is 1.38. The van der Waals surface area contributed by atoms with Crippen LogP contribution < -0.4 is 15.5 Å². The third kappa shape index (κ3) is 5.36. The Labute approximate surface area is 213 Å². The lowest BCUT2D eigenvalue weighted by Gasteiger charge is -2.32. The normalized spacial score (nSPS) is 20.6. The van der Waals surface area contributed by atoms with Crippen molar-refractivity contribution in [2.75, 3.05) is 11.4 Å². The van der Waals surface area contributed by atoms with E-state index in [9.17, 15) is 14.4 Å². The Bertz CT molecular complexity index is 1260. The summed E-state index contributed by atoms with van der Waals surface area (Å²) < 4.78 is 0.978. The van der Waals surface area contributed by atoms with Gasteiger partial charge in [-0.2, -0.15) is 0 Å². The lowest BCUT2D eigenvalue weighted by molar-refractivity contribution is -0.119. The molecule has 8 heteroatoms. The fourth-order valence-corrected chi connectivity index (χ4v) is 6.20. The van der Waals surface area contributed by atoms with Crippen molar-refractivity contribution in [3.8, 4) is 0 Å². The average molecular weight is 510 g/mol. The Balaban J connectivity index is 1.24. The number of thiophene rings is 1. The van der Waals surface area contributed by atoms with Crippen LogP contribution >= 0.6 is 22.9 Å². The Morgan fingerprint density at radius 3 is 2.31 bits per heavy atom. The van der Waals surface area contributed by atoms with Crippen LogP contribution in [-0.2, 0) is 4.79 Å². The SMILES string of the molecule is O=C(NC1CCCCC1NC(=O)c1cc2ccc(Cl)cc2s1)c1ccc(N2CCCCC2=O)cc1. The number of benzene rings is 2. The standard InChI is InChI=1S/C27H28ClN3O3S/c28-19-11-8-18-15-24(35-23(18)16-19)27(34)30-22-6-2-1-5-21(22)29-26(33)17-9-12-20(13-10-17)31-14-4-3-7-25(31)32/h8-13,15-16,21-22H,1-7,14H2,(H,29,33)(H,30,34). The molecule has 0 radical (unpaired) electrons. The van der Waals surface area contributed by atoms with Gasteiger partial charge in [0.25, 0.3) is 11.8 Å². The lowest BCUT2D eigenvalue weighted by Crippen LogP contribution is -2.53. The smallest absolute Gasteiger partial charge is 0.261 e. The molecule has 5 rings (SSSR count). The van der Waals surface area contributed by atoms with Crippen LogP contribution in [0.3, 0.4) is 0 Å². The Hall–Kier alpha value is -2.90. The minimum absolute atomic E-state index is 0.121. The fraction of sp³-hybridized carbons (Fsp3) is 0.370. The van der Waals surface area contributed by atoms with Crippen LogP contribution in [0.5, 0.6) is 0 Å². The average Bonchev–Trinajstić information content (AvgIpc) is 3.29. The summed E-state index contributed by atoms with van der Waals surface area (Å²) in [6, 6.07) is 14.5. The van der Waals surface area contributed by atoms with Gasteiger partial charge < -0.3 is 15.5 Å². The summed E-state index contributed by atoms with van der Waals surface area (Å²) in [6.45, 7) is 0.723. The first-order chi connectivity index (χ1) is 17.0. The maximum atomic E-state index is 13.0. The highest BCUT2D eigenvalue weighted by Crippen LogP contribution is 2.29. The van der Waals surface area contributed by atoms with E-state index in [-0.39, 0.29) is 29.8 Å². The van der Waals surface area contributed by atoms with Crippen LogP contribution in [0.25, 0.3) is 10.1 Å². The number of piperidine rings is 1. The Morgan fingerprint density at radius 1 is 0.886 bits per heavy atom. The first-order valence-corrected chi connectivity index (χ1v) is 13.4. The number of halogens is 1. The molecule has 6 nitrogen and oxygen atoms in total. The Morgan fingerprint density at radius 2 is 1.60 bits per heavy atom. The molecule has 2 N–H and O–H groups in total. The number of hydrogen-bond donors (Lipinski definition) is 2. The van der Waals surface area contributed by atoms with Crippen LogP contribution in [0.15, 0.2) is 48.5 Å². The minimum Gasteiger partial charge on any atom is -0.347 e. The molecule has 1 aliphatic heterocycles. The quantitative estimate of drug-likeness (QED) is 0.473. The zero-order chi connectivity index (χ0) is 24.4. The number of nitrogens with zero attached hydrogens (tertiary/aromatic N) is 1. The molecule has 1 aliphatic carbocycles. The molecule has 3 amide bonds. The van der Waals surface area contributed by atoms with Gasteiger partial charge in [-0.05, 0) is 73.5 Å². The summed E-state index contributed by atoms with van der Waals surface area (Å²) in [5.74, 6) is -0.149. The molecule has 3 aromatic rings. The number of anilines is 1. The first kappa shape index (κ1) is 23.8. The van der Waals surface area contributed by atoms with Crippen molar-refractivity contribution in [3.05, 3.63) is 64.0 Å². The monoisotopic (exact) mass is 509 g/mol. The summed E-state index contributed by atoms with van der Waals surface area (Å²) in [7, 11) is 0. The highest BCUT2D eigenvalue weighted by Gasteiger charge is 2.29. The van der Waals surface area contributed by atoms with Crippen LogP contribution in [-0.4, -0.2) is 36.3 Å². The van der Waals surface area contributed by atoms with E-state index in [0.717, 1.165) is 60.8 Å². The van der Waals surface area contributed by atoms with Crippen LogP contribution in [0.1, 0.15) is 65.0 Å². The second kappa shape index (κ2) is 10.4. The van der Waals surface area contributed by atoms with Crippen molar-refractivity contribution >= 4 is 56.4 Å².